The summed E-state index contributed by atoms with van der Waals surface area (Å²) in [5.74, 6) is -2.45. The lowest BCUT2D eigenvalue weighted by atomic mass is 9.85. The van der Waals surface area contributed by atoms with Crippen molar-refractivity contribution in [3.05, 3.63) is 0 Å². The number of sulfone groups is 1. The molecule has 0 bridgehead atoms. The van der Waals surface area contributed by atoms with Gasteiger partial charge in [-0.15, -0.1) is 0 Å². The SMILES string of the molecule is CC(C)C(C)(CC(=O)O)NC(=O)CS(=O)(=O)C(C)C. The Balaban J connectivity index is 4.90. The number of aliphatic carboxylic acids is 1. The molecule has 0 rings (SSSR count). The van der Waals surface area contributed by atoms with Crippen LogP contribution in [0.15, 0.2) is 0 Å². The molecular formula is C12H23NO5S. The molecular weight excluding hydrogens is 270 g/mol. The highest BCUT2D eigenvalue weighted by atomic mass is 32.2. The Morgan fingerprint density at radius 2 is 1.68 bits per heavy atom. The Morgan fingerprint density at radius 1 is 1.21 bits per heavy atom. The van der Waals surface area contributed by atoms with Crippen LogP contribution >= 0.6 is 0 Å². The molecule has 0 spiro atoms. The predicted molar refractivity (Wildman–Crippen MR) is 72.6 cm³/mol. The third-order valence-electron chi connectivity index (χ3n) is 3.27. The lowest BCUT2D eigenvalue weighted by Crippen LogP contribution is -2.53. The van der Waals surface area contributed by atoms with Crippen LogP contribution in [0.5, 0.6) is 0 Å². The standard InChI is InChI=1S/C12H23NO5S/c1-8(2)12(5,6-11(15)16)13-10(14)7-19(17,18)9(3)4/h8-9H,6-7H2,1-5H3,(H,13,14)(H,15,16). The van der Waals surface area contributed by atoms with E-state index in [1.807, 2.05) is 0 Å². The molecule has 0 saturated carbocycles. The van der Waals surface area contributed by atoms with Crippen molar-refractivity contribution in [2.24, 2.45) is 5.92 Å². The van der Waals surface area contributed by atoms with Crippen LogP contribution in [0.25, 0.3) is 0 Å². The van der Waals surface area contributed by atoms with Gasteiger partial charge in [0.05, 0.1) is 11.7 Å². The highest BCUT2D eigenvalue weighted by Gasteiger charge is 2.34. The third kappa shape index (κ3) is 5.59. The third-order valence-corrected chi connectivity index (χ3v) is 5.37. The molecule has 0 aromatic rings. The highest BCUT2D eigenvalue weighted by molar-refractivity contribution is 7.92. The Labute approximate surface area is 114 Å². The number of carboxylic acids is 1. The van der Waals surface area contributed by atoms with Gasteiger partial charge in [-0.1, -0.05) is 13.8 Å². The summed E-state index contributed by atoms with van der Waals surface area (Å²) in [6.45, 7) is 8.16. The molecule has 0 aliphatic carbocycles. The van der Waals surface area contributed by atoms with E-state index >= 15 is 0 Å². The molecule has 0 fully saturated rings. The van der Waals surface area contributed by atoms with Crippen molar-refractivity contribution in [2.75, 3.05) is 5.75 Å². The molecule has 0 aromatic heterocycles. The van der Waals surface area contributed by atoms with Gasteiger partial charge in [0.25, 0.3) is 0 Å². The fourth-order valence-corrected chi connectivity index (χ4v) is 2.18. The zero-order valence-electron chi connectivity index (χ0n) is 12.1. The second-order valence-electron chi connectivity index (χ2n) is 5.55. The maximum Gasteiger partial charge on any atom is 0.305 e. The van der Waals surface area contributed by atoms with Crippen LogP contribution in [0.3, 0.4) is 0 Å². The van der Waals surface area contributed by atoms with Crippen LogP contribution in [0.2, 0.25) is 0 Å². The van der Waals surface area contributed by atoms with Crippen molar-refractivity contribution >= 4 is 21.7 Å². The van der Waals surface area contributed by atoms with Crippen molar-refractivity contribution in [1.29, 1.82) is 0 Å². The highest BCUT2D eigenvalue weighted by Crippen LogP contribution is 2.21. The maximum absolute atomic E-state index is 11.8. The number of carbonyl (C=O) groups is 2. The lowest BCUT2D eigenvalue weighted by Gasteiger charge is -2.33. The van der Waals surface area contributed by atoms with Crippen molar-refractivity contribution in [3.8, 4) is 0 Å². The number of nitrogens with one attached hydrogen (secondary N) is 1. The molecule has 0 heterocycles. The van der Waals surface area contributed by atoms with E-state index in [4.69, 9.17) is 5.11 Å². The summed E-state index contributed by atoms with van der Waals surface area (Å²) in [4.78, 5) is 22.6. The van der Waals surface area contributed by atoms with Gasteiger partial charge in [0.15, 0.2) is 9.84 Å². The number of carbonyl (C=O) groups excluding carboxylic acids is 1. The molecule has 0 saturated heterocycles. The summed E-state index contributed by atoms with van der Waals surface area (Å²) >= 11 is 0. The first-order valence-corrected chi connectivity index (χ1v) is 7.86. The van der Waals surface area contributed by atoms with Crippen LogP contribution in [0.1, 0.15) is 41.0 Å². The zero-order chi connectivity index (χ0) is 15.4. The van der Waals surface area contributed by atoms with Crippen molar-refractivity contribution in [1.82, 2.24) is 5.32 Å². The van der Waals surface area contributed by atoms with Gasteiger partial charge in [-0.25, -0.2) is 8.42 Å². The van der Waals surface area contributed by atoms with Crippen molar-refractivity contribution < 1.29 is 23.1 Å². The molecule has 0 aliphatic heterocycles. The van der Waals surface area contributed by atoms with E-state index < -0.39 is 38.3 Å². The molecule has 0 radical (unpaired) electrons. The van der Waals surface area contributed by atoms with Crippen LogP contribution in [0.4, 0.5) is 0 Å². The Bertz CT molecular complexity index is 441. The van der Waals surface area contributed by atoms with Gasteiger partial charge in [0.1, 0.15) is 5.75 Å². The Hall–Kier alpha value is -1.11. The van der Waals surface area contributed by atoms with Crippen molar-refractivity contribution in [2.45, 2.75) is 51.8 Å². The second-order valence-corrected chi connectivity index (χ2v) is 8.10. The van der Waals surface area contributed by atoms with E-state index in [9.17, 15) is 18.0 Å². The maximum atomic E-state index is 11.8. The van der Waals surface area contributed by atoms with Gasteiger partial charge in [-0.3, -0.25) is 9.59 Å². The largest absolute Gasteiger partial charge is 0.481 e. The van der Waals surface area contributed by atoms with E-state index in [0.29, 0.717) is 0 Å². The summed E-state index contributed by atoms with van der Waals surface area (Å²) < 4.78 is 23.3. The Morgan fingerprint density at radius 3 is 2.00 bits per heavy atom. The van der Waals surface area contributed by atoms with Gasteiger partial charge in [-0.2, -0.15) is 0 Å². The zero-order valence-corrected chi connectivity index (χ0v) is 12.9. The normalized spacial score (nSPS) is 15.3. The molecule has 6 nitrogen and oxygen atoms in total. The topological polar surface area (TPSA) is 101 Å². The number of rotatable bonds is 7. The summed E-state index contributed by atoms with van der Waals surface area (Å²) in [7, 11) is -3.48. The molecule has 2 N–H and O–H groups in total. The molecule has 1 amide bonds. The van der Waals surface area contributed by atoms with Crippen LogP contribution in [-0.2, 0) is 19.4 Å². The van der Waals surface area contributed by atoms with E-state index in [1.165, 1.54) is 13.8 Å². The molecule has 1 atom stereocenters. The predicted octanol–water partition coefficient (Wildman–Crippen LogP) is 0.815. The Kier molecular flexibility index (Phi) is 5.99. The number of amides is 1. The fourth-order valence-electron chi connectivity index (χ4n) is 1.41. The fraction of sp³-hybridized carbons (Fsp3) is 0.833. The number of hydrogen-bond acceptors (Lipinski definition) is 4. The minimum Gasteiger partial charge on any atom is -0.481 e. The average molecular weight is 293 g/mol. The van der Waals surface area contributed by atoms with Crippen LogP contribution < -0.4 is 5.32 Å². The van der Waals surface area contributed by atoms with Gasteiger partial charge < -0.3 is 10.4 Å². The molecule has 19 heavy (non-hydrogen) atoms. The summed E-state index contributed by atoms with van der Waals surface area (Å²) in [5.41, 5.74) is -0.963. The van der Waals surface area contributed by atoms with Gasteiger partial charge in [0, 0.05) is 5.54 Å². The van der Waals surface area contributed by atoms with Gasteiger partial charge in [0.2, 0.25) is 5.91 Å². The average Bonchev–Trinajstić information content (AvgIpc) is 2.13. The smallest absolute Gasteiger partial charge is 0.305 e. The minimum absolute atomic E-state index is 0.130. The van der Waals surface area contributed by atoms with Crippen molar-refractivity contribution in [3.63, 3.8) is 0 Å². The van der Waals surface area contributed by atoms with E-state index in [-0.39, 0.29) is 12.3 Å². The molecule has 112 valence electrons. The van der Waals surface area contributed by atoms with E-state index in [1.54, 1.807) is 20.8 Å². The monoisotopic (exact) mass is 293 g/mol. The second kappa shape index (κ2) is 6.36. The van der Waals surface area contributed by atoms with E-state index in [0.717, 1.165) is 0 Å². The quantitative estimate of drug-likeness (QED) is 0.723. The van der Waals surface area contributed by atoms with Gasteiger partial charge >= 0.3 is 5.97 Å². The first kappa shape index (κ1) is 17.9. The molecule has 0 aromatic carbocycles. The summed E-state index contributed by atoms with van der Waals surface area (Å²) in [6, 6.07) is 0. The number of hydrogen-bond donors (Lipinski definition) is 2. The van der Waals surface area contributed by atoms with E-state index in [2.05, 4.69) is 5.32 Å². The number of carboxylic acid groups (broad SMARTS) is 1. The summed E-state index contributed by atoms with van der Waals surface area (Å²) in [6.07, 6.45) is -0.252. The lowest BCUT2D eigenvalue weighted by molar-refractivity contribution is -0.139. The van der Waals surface area contributed by atoms with Gasteiger partial charge in [-0.05, 0) is 26.7 Å². The molecule has 0 aliphatic rings. The minimum atomic E-state index is -3.48. The first-order valence-electron chi connectivity index (χ1n) is 6.15. The first-order chi connectivity index (χ1) is 8.40. The van der Waals surface area contributed by atoms with Crippen LogP contribution in [0, 0.1) is 5.92 Å². The van der Waals surface area contributed by atoms with Crippen LogP contribution in [-0.4, -0.2) is 41.9 Å². The molecule has 7 heteroatoms. The summed E-state index contributed by atoms with van der Waals surface area (Å²) in [5, 5.41) is 10.8. The molecule has 1 unspecified atom stereocenters.